The van der Waals surface area contributed by atoms with E-state index in [-0.39, 0.29) is 12.0 Å². The summed E-state index contributed by atoms with van der Waals surface area (Å²) in [6.07, 6.45) is 1.71. The number of fused-ring (bicyclic) bond motifs is 1. The zero-order valence-electron chi connectivity index (χ0n) is 15.8. The van der Waals surface area contributed by atoms with Crippen LogP contribution in [-0.4, -0.2) is 31.9 Å². The molecule has 0 amide bonds. The van der Waals surface area contributed by atoms with Gasteiger partial charge in [0.2, 0.25) is 0 Å². The van der Waals surface area contributed by atoms with Crippen LogP contribution in [0.1, 0.15) is 24.8 Å². The van der Waals surface area contributed by atoms with Gasteiger partial charge in [-0.3, -0.25) is 0 Å². The van der Waals surface area contributed by atoms with Gasteiger partial charge in [-0.25, -0.2) is 0 Å². The van der Waals surface area contributed by atoms with E-state index in [1.54, 1.807) is 7.11 Å². The number of aliphatic hydroxyl groups excluding tert-OH is 1. The fourth-order valence-electron chi connectivity index (χ4n) is 4.54. The van der Waals surface area contributed by atoms with E-state index in [0.717, 1.165) is 23.1 Å². The molecule has 0 unspecified atom stereocenters. The largest absolute Gasteiger partial charge is 0.494 e. The number of aliphatic hydroxyl groups is 1. The Labute approximate surface area is 166 Å². The minimum atomic E-state index is -1.69. The molecule has 3 rings (SSSR count). The molecule has 0 saturated heterocycles. The van der Waals surface area contributed by atoms with Crippen LogP contribution in [0.4, 0.5) is 0 Å². The Balaban J connectivity index is 2.22. The maximum Gasteiger partial charge on any atom is 0.156 e. The second kappa shape index (κ2) is 6.68. The summed E-state index contributed by atoms with van der Waals surface area (Å²) in [4.78, 5) is 0. The van der Waals surface area contributed by atoms with Crippen LogP contribution in [0.3, 0.4) is 0 Å². The summed E-state index contributed by atoms with van der Waals surface area (Å²) in [6.45, 7) is 11.4. The lowest BCUT2D eigenvalue weighted by Crippen LogP contribution is -2.49. The number of ether oxygens (including phenoxy) is 1. The van der Waals surface area contributed by atoms with E-state index >= 15 is 0 Å². The van der Waals surface area contributed by atoms with Crippen LogP contribution in [0.5, 0.6) is 5.75 Å². The van der Waals surface area contributed by atoms with Crippen LogP contribution in [-0.2, 0) is 0 Å². The van der Waals surface area contributed by atoms with Gasteiger partial charge >= 0.3 is 0 Å². The molecular formula is C20H27Cl2NO2Si. The van der Waals surface area contributed by atoms with Crippen molar-refractivity contribution in [2.24, 2.45) is 11.7 Å². The van der Waals surface area contributed by atoms with Gasteiger partial charge in [-0.2, -0.15) is 0 Å². The van der Waals surface area contributed by atoms with Crippen molar-refractivity contribution in [3.63, 3.8) is 0 Å². The van der Waals surface area contributed by atoms with Crippen LogP contribution in [0.15, 0.2) is 29.5 Å². The Morgan fingerprint density at radius 2 is 1.85 bits per heavy atom. The third kappa shape index (κ3) is 3.27. The van der Waals surface area contributed by atoms with Crippen LogP contribution in [0, 0.1) is 5.92 Å². The standard InChI is InChI=1S/C20H27Cl2NO2Si/c1-11-14-8-13(24)9-20(14,23)10-17(26(3,4)5)18(11)12-6-15(21)19(25-2)16(22)7-12/h6-7,13-14,24H,1,8-10,23H2,2-5H3/t13-,14+,20-/m0/s1. The average molecular weight is 412 g/mol. The van der Waals surface area contributed by atoms with Crippen molar-refractivity contribution in [3.8, 4) is 5.75 Å². The second-order valence-electron chi connectivity index (χ2n) is 8.66. The van der Waals surface area contributed by atoms with Gasteiger partial charge in [0, 0.05) is 11.5 Å². The number of halogens is 2. The first-order valence-corrected chi connectivity index (χ1v) is 13.2. The van der Waals surface area contributed by atoms with Gasteiger partial charge in [-0.15, -0.1) is 0 Å². The Morgan fingerprint density at radius 1 is 1.27 bits per heavy atom. The fraction of sp³-hybridized carbons (Fsp3) is 0.500. The van der Waals surface area contributed by atoms with Crippen molar-refractivity contribution < 1.29 is 9.84 Å². The third-order valence-electron chi connectivity index (χ3n) is 5.76. The summed E-state index contributed by atoms with van der Waals surface area (Å²) in [5.41, 5.74) is 9.47. The van der Waals surface area contributed by atoms with Crippen molar-refractivity contribution in [2.75, 3.05) is 7.11 Å². The zero-order chi connectivity index (χ0) is 19.4. The van der Waals surface area contributed by atoms with Crippen molar-refractivity contribution in [2.45, 2.75) is 50.5 Å². The van der Waals surface area contributed by atoms with Crippen molar-refractivity contribution in [1.29, 1.82) is 0 Å². The number of methoxy groups -OCH3 is 1. The van der Waals surface area contributed by atoms with E-state index in [1.165, 1.54) is 5.20 Å². The van der Waals surface area contributed by atoms with Gasteiger partial charge in [-0.1, -0.05) is 54.6 Å². The van der Waals surface area contributed by atoms with E-state index in [1.807, 2.05) is 12.1 Å². The first-order valence-electron chi connectivity index (χ1n) is 8.91. The van der Waals surface area contributed by atoms with Crippen molar-refractivity contribution in [1.82, 2.24) is 0 Å². The van der Waals surface area contributed by atoms with Gasteiger partial charge in [0.15, 0.2) is 5.75 Å². The Kier molecular flexibility index (Phi) is 5.13. The zero-order valence-corrected chi connectivity index (χ0v) is 18.3. The highest BCUT2D eigenvalue weighted by atomic mass is 35.5. The molecule has 3 N–H and O–H groups in total. The predicted octanol–water partition coefficient (Wildman–Crippen LogP) is 5.06. The molecule has 1 aromatic carbocycles. The van der Waals surface area contributed by atoms with Crippen molar-refractivity contribution in [3.05, 3.63) is 45.1 Å². The second-order valence-corrected chi connectivity index (χ2v) is 14.6. The Bertz CT molecular complexity index is 776. The molecule has 3 nitrogen and oxygen atoms in total. The lowest BCUT2D eigenvalue weighted by atomic mass is 9.72. The fourth-order valence-corrected chi connectivity index (χ4v) is 7.10. The van der Waals surface area contributed by atoms with Gasteiger partial charge < -0.3 is 15.6 Å². The molecule has 1 aromatic rings. The van der Waals surface area contributed by atoms with Gasteiger partial charge in [0.25, 0.3) is 0 Å². The molecule has 6 heteroatoms. The Morgan fingerprint density at radius 3 is 2.35 bits per heavy atom. The third-order valence-corrected chi connectivity index (χ3v) is 8.56. The van der Waals surface area contributed by atoms with Crippen molar-refractivity contribution >= 4 is 36.8 Å². The minimum absolute atomic E-state index is 0.0762. The van der Waals surface area contributed by atoms with E-state index in [0.29, 0.717) is 28.6 Å². The molecule has 0 bridgehead atoms. The maximum atomic E-state index is 10.3. The monoisotopic (exact) mass is 411 g/mol. The summed E-state index contributed by atoms with van der Waals surface area (Å²) < 4.78 is 5.29. The molecule has 1 saturated carbocycles. The highest BCUT2D eigenvalue weighted by Gasteiger charge is 2.50. The number of allylic oxidation sites excluding steroid dienone is 1. The lowest BCUT2D eigenvalue weighted by Gasteiger charge is -2.43. The van der Waals surface area contributed by atoms with Gasteiger partial charge in [-0.05, 0) is 48.1 Å². The first kappa shape index (κ1) is 20.0. The molecule has 2 aliphatic rings. The number of rotatable bonds is 3. The summed E-state index contributed by atoms with van der Waals surface area (Å²) in [5.74, 6) is 0.561. The van der Waals surface area contributed by atoms with Gasteiger partial charge in [0.05, 0.1) is 31.3 Å². The minimum Gasteiger partial charge on any atom is -0.494 e. The molecule has 0 aromatic heterocycles. The smallest absolute Gasteiger partial charge is 0.156 e. The summed E-state index contributed by atoms with van der Waals surface area (Å²) in [5, 5.41) is 12.6. The molecule has 1 fully saturated rings. The molecule has 3 atom stereocenters. The number of nitrogens with two attached hydrogens (primary N) is 1. The normalized spacial score (nSPS) is 29.2. The number of hydrogen-bond acceptors (Lipinski definition) is 3. The molecule has 2 aliphatic carbocycles. The van der Waals surface area contributed by atoms with Crippen LogP contribution < -0.4 is 10.5 Å². The molecule has 0 spiro atoms. The lowest BCUT2D eigenvalue weighted by molar-refractivity contribution is 0.173. The molecule has 0 radical (unpaired) electrons. The van der Waals surface area contributed by atoms with E-state index in [2.05, 4.69) is 26.2 Å². The Hall–Kier alpha value is -0.783. The quantitative estimate of drug-likeness (QED) is 0.683. The highest BCUT2D eigenvalue weighted by molar-refractivity contribution is 6.84. The molecule has 26 heavy (non-hydrogen) atoms. The van der Waals surface area contributed by atoms with Crippen LogP contribution in [0.25, 0.3) is 5.57 Å². The highest BCUT2D eigenvalue weighted by Crippen LogP contribution is 2.53. The summed E-state index contributed by atoms with van der Waals surface area (Å²) >= 11 is 12.8. The molecule has 0 heterocycles. The summed E-state index contributed by atoms with van der Waals surface area (Å²) in [6, 6.07) is 3.81. The topological polar surface area (TPSA) is 55.5 Å². The SMILES string of the molecule is C=C1C(c2cc(Cl)c(OC)c(Cl)c2)=C([Si](C)(C)C)C[C@@]2(N)C[C@@H](O)C[C@H]12. The van der Waals surface area contributed by atoms with Gasteiger partial charge in [0.1, 0.15) is 0 Å². The molecule has 0 aliphatic heterocycles. The predicted molar refractivity (Wildman–Crippen MR) is 113 cm³/mol. The van der Waals surface area contributed by atoms with Crippen LogP contribution >= 0.6 is 23.2 Å². The van der Waals surface area contributed by atoms with Crippen LogP contribution in [0.2, 0.25) is 29.7 Å². The molecular weight excluding hydrogens is 385 g/mol. The number of benzene rings is 1. The maximum absolute atomic E-state index is 10.3. The first-order chi connectivity index (χ1) is 12.0. The summed E-state index contributed by atoms with van der Waals surface area (Å²) in [7, 11) is -0.133. The molecule has 142 valence electrons. The average Bonchev–Trinajstić information content (AvgIpc) is 2.80. The number of hydrogen-bond donors (Lipinski definition) is 2. The van der Waals surface area contributed by atoms with E-state index < -0.39 is 13.6 Å². The van der Waals surface area contributed by atoms with E-state index in [9.17, 15) is 5.11 Å². The van der Waals surface area contributed by atoms with E-state index in [4.69, 9.17) is 33.7 Å².